The first-order chi connectivity index (χ1) is 15.7. The smallest absolute Gasteiger partial charge is 0.283 e. The minimum Gasteiger partial charge on any atom is -0.350 e. The molecule has 3 amide bonds. The summed E-state index contributed by atoms with van der Waals surface area (Å²) < 4.78 is 0. The van der Waals surface area contributed by atoms with E-state index in [0.29, 0.717) is 32.7 Å². The van der Waals surface area contributed by atoms with E-state index in [-0.39, 0.29) is 16.6 Å². The van der Waals surface area contributed by atoms with Gasteiger partial charge in [-0.1, -0.05) is 40.9 Å². The summed E-state index contributed by atoms with van der Waals surface area (Å²) in [4.78, 5) is 38.9. The predicted octanol–water partition coefficient (Wildman–Crippen LogP) is 5.99. The quantitative estimate of drug-likeness (QED) is 0.422. The van der Waals surface area contributed by atoms with Gasteiger partial charge in [0.1, 0.15) is 10.7 Å². The lowest BCUT2D eigenvalue weighted by atomic mass is 10.2. The Morgan fingerprint density at radius 1 is 0.818 bits per heavy atom. The van der Waals surface area contributed by atoms with Crippen molar-refractivity contribution in [1.29, 1.82) is 0 Å². The molecule has 0 saturated heterocycles. The van der Waals surface area contributed by atoms with Gasteiger partial charge in [-0.2, -0.15) is 0 Å². The van der Waals surface area contributed by atoms with E-state index in [9.17, 15) is 14.4 Å². The number of nitrogens with one attached hydrogen (secondary N) is 2. The SMILES string of the molecule is Cc1ccc(N2C(=O)C(Cl)=C(Nc3ccc(C(=O)Nc4ccc(Cl)cc4)cc3)C2=O)cc1Cl. The van der Waals surface area contributed by atoms with E-state index in [0.717, 1.165) is 10.5 Å². The first kappa shape index (κ1) is 22.9. The van der Waals surface area contributed by atoms with Crippen LogP contribution in [0, 0.1) is 6.92 Å². The van der Waals surface area contributed by atoms with Gasteiger partial charge >= 0.3 is 0 Å². The maximum absolute atomic E-state index is 12.9. The molecule has 0 bridgehead atoms. The molecule has 4 rings (SSSR count). The summed E-state index contributed by atoms with van der Waals surface area (Å²) in [6.45, 7) is 1.82. The molecule has 1 aliphatic rings. The molecule has 1 aliphatic heterocycles. The Morgan fingerprint density at radius 3 is 2.09 bits per heavy atom. The van der Waals surface area contributed by atoms with Crippen LogP contribution in [-0.2, 0) is 9.59 Å². The number of hydrogen-bond donors (Lipinski definition) is 2. The summed E-state index contributed by atoms with van der Waals surface area (Å²) in [7, 11) is 0. The van der Waals surface area contributed by atoms with E-state index in [2.05, 4.69) is 10.6 Å². The monoisotopic (exact) mass is 499 g/mol. The summed E-state index contributed by atoms with van der Waals surface area (Å²) in [5.41, 5.74) is 2.57. The molecule has 3 aromatic rings. The van der Waals surface area contributed by atoms with Crippen LogP contribution in [0.25, 0.3) is 0 Å². The van der Waals surface area contributed by atoms with Gasteiger partial charge in [0, 0.05) is 27.0 Å². The maximum atomic E-state index is 12.9. The third-order valence-corrected chi connectivity index (χ3v) is 5.97. The number of amides is 3. The van der Waals surface area contributed by atoms with Gasteiger partial charge in [-0.25, -0.2) is 4.90 Å². The number of hydrogen-bond acceptors (Lipinski definition) is 4. The molecule has 0 fully saturated rings. The van der Waals surface area contributed by atoms with Crippen molar-refractivity contribution in [3.8, 4) is 0 Å². The lowest BCUT2D eigenvalue weighted by Crippen LogP contribution is -2.32. The standard InChI is InChI=1S/C24H16Cl3N3O3/c1-13-2-11-18(12-19(13)26)30-23(32)20(27)21(24(30)33)28-16-7-3-14(4-8-16)22(31)29-17-9-5-15(25)6-10-17/h2-12,28H,1H3,(H,29,31). The minimum absolute atomic E-state index is 0.0586. The number of aryl methyl sites for hydroxylation is 1. The first-order valence-corrected chi connectivity index (χ1v) is 10.9. The number of carbonyl (C=O) groups excluding carboxylic acids is 3. The molecule has 0 atom stereocenters. The van der Waals surface area contributed by atoms with Gasteiger partial charge in [-0.05, 0) is 73.2 Å². The molecule has 2 N–H and O–H groups in total. The Labute approximate surface area is 204 Å². The van der Waals surface area contributed by atoms with Crippen molar-refractivity contribution in [3.05, 3.63) is 98.6 Å². The fraction of sp³-hybridized carbons (Fsp3) is 0.0417. The zero-order chi connectivity index (χ0) is 23.7. The van der Waals surface area contributed by atoms with Crippen LogP contribution in [0.2, 0.25) is 10.0 Å². The molecule has 0 saturated carbocycles. The lowest BCUT2D eigenvalue weighted by molar-refractivity contribution is -0.120. The molecule has 166 valence electrons. The highest BCUT2D eigenvalue weighted by molar-refractivity contribution is 6.53. The third-order valence-electron chi connectivity index (χ3n) is 4.96. The molecule has 6 nitrogen and oxygen atoms in total. The van der Waals surface area contributed by atoms with Crippen molar-refractivity contribution in [2.45, 2.75) is 6.92 Å². The van der Waals surface area contributed by atoms with Crippen LogP contribution >= 0.6 is 34.8 Å². The minimum atomic E-state index is -0.650. The number of nitrogens with zero attached hydrogens (tertiary/aromatic N) is 1. The van der Waals surface area contributed by atoms with Crippen LogP contribution < -0.4 is 15.5 Å². The number of benzene rings is 3. The van der Waals surface area contributed by atoms with Crippen molar-refractivity contribution >= 4 is 69.6 Å². The molecule has 0 spiro atoms. The summed E-state index contributed by atoms with van der Waals surface area (Å²) >= 11 is 18.2. The van der Waals surface area contributed by atoms with E-state index in [4.69, 9.17) is 34.8 Å². The van der Waals surface area contributed by atoms with E-state index >= 15 is 0 Å². The van der Waals surface area contributed by atoms with E-state index in [1.54, 1.807) is 60.7 Å². The van der Waals surface area contributed by atoms with Crippen LogP contribution in [-0.4, -0.2) is 17.7 Å². The van der Waals surface area contributed by atoms with Gasteiger partial charge in [-0.15, -0.1) is 0 Å². The zero-order valence-corrected chi connectivity index (χ0v) is 19.4. The Morgan fingerprint density at radius 2 is 1.45 bits per heavy atom. The van der Waals surface area contributed by atoms with Crippen LogP contribution in [0.5, 0.6) is 0 Å². The summed E-state index contributed by atoms with van der Waals surface area (Å²) in [6, 6.07) is 18.0. The second-order valence-corrected chi connectivity index (χ2v) is 8.45. The van der Waals surface area contributed by atoms with Crippen molar-refractivity contribution in [3.63, 3.8) is 0 Å². The Hall–Kier alpha value is -3.32. The molecule has 33 heavy (non-hydrogen) atoms. The number of imide groups is 1. The Kier molecular flexibility index (Phi) is 6.42. The Balaban J connectivity index is 1.48. The van der Waals surface area contributed by atoms with E-state index in [1.165, 1.54) is 6.07 Å². The molecular formula is C24H16Cl3N3O3. The van der Waals surface area contributed by atoms with Gasteiger partial charge in [0.2, 0.25) is 0 Å². The largest absolute Gasteiger partial charge is 0.350 e. The van der Waals surface area contributed by atoms with Crippen LogP contribution in [0.1, 0.15) is 15.9 Å². The molecule has 9 heteroatoms. The van der Waals surface area contributed by atoms with Crippen molar-refractivity contribution in [2.75, 3.05) is 15.5 Å². The van der Waals surface area contributed by atoms with Crippen molar-refractivity contribution in [1.82, 2.24) is 0 Å². The second-order valence-electron chi connectivity index (χ2n) is 7.23. The number of anilines is 3. The average Bonchev–Trinajstić information content (AvgIpc) is 3.01. The van der Waals surface area contributed by atoms with Gasteiger partial charge in [0.25, 0.3) is 17.7 Å². The molecule has 3 aromatic carbocycles. The van der Waals surface area contributed by atoms with Crippen LogP contribution in [0.4, 0.5) is 17.1 Å². The maximum Gasteiger partial charge on any atom is 0.283 e. The second kappa shape index (κ2) is 9.27. The molecule has 0 aliphatic carbocycles. The van der Waals surface area contributed by atoms with Gasteiger partial charge in [0.05, 0.1) is 5.69 Å². The highest BCUT2D eigenvalue weighted by Gasteiger charge is 2.39. The van der Waals surface area contributed by atoms with Crippen LogP contribution in [0.15, 0.2) is 77.5 Å². The van der Waals surface area contributed by atoms with Crippen molar-refractivity contribution < 1.29 is 14.4 Å². The molecule has 0 radical (unpaired) electrons. The normalized spacial score (nSPS) is 13.5. The highest BCUT2D eigenvalue weighted by Crippen LogP contribution is 2.32. The topological polar surface area (TPSA) is 78.5 Å². The summed E-state index contributed by atoms with van der Waals surface area (Å²) in [6.07, 6.45) is 0. The van der Waals surface area contributed by atoms with E-state index in [1.807, 2.05) is 6.92 Å². The number of rotatable bonds is 5. The fourth-order valence-corrected chi connectivity index (χ4v) is 3.67. The first-order valence-electron chi connectivity index (χ1n) is 9.73. The average molecular weight is 501 g/mol. The van der Waals surface area contributed by atoms with Crippen LogP contribution in [0.3, 0.4) is 0 Å². The predicted molar refractivity (Wildman–Crippen MR) is 131 cm³/mol. The van der Waals surface area contributed by atoms with Gasteiger partial charge in [-0.3, -0.25) is 14.4 Å². The van der Waals surface area contributed by atoms with Gasteiger partial charge in [0.15, 0.2) is 0 Å². The van der Waals surface area contributed by atoms with Crippen molar-refractivity contribution in [2.24, 2.45) is 0 Å². The zero-order valence-electron chi connectivity index (χ0n) is 17.2. The molecule has 0 unspecified atom stereocenters. The summed E-state index contributed by atoms with van der Waals surface area (Å²) in [5.74, 6) is -1.56. The third kappa shape index (κ3) is 4.73. The van der Waals surface area contributed by atoms with Gasteiger partial charge < -0.3 is 10.6 Å². The number of carbonyl (C=O) groups is 3. The fourth-order valence-electron chi connectivity index (χ4n) is 3.15. The summed E-state index contributed by atoms with van der Waals surface area (Å²) in [5, 5.41) is 6.40. The Bertz CT molecular complexity index is 1300. The number of halogens is 3. The molecule has 0 aromatic heterocycles. The van der Waals surface area contributed by atoms with E-state index < -0.39 is 11.8 Å². The highest BCUT2D eigenvalue weighted by atomic mass is 35.5. The lowest BCUT2D eigenvalue weighted by Gasteiger charge is -2.16. The molecule has 1 heterocycles. The molecular weight excluding hydrogens is 485 g/mol.